The van der Waals surface area contributed by atoms with Gasteiger partial charge in [-0.05, 0) is 0 Å². The summed E-state index contributed by atoms with van der Waals surface area (Å²) in [5.41, 5.74) is 0.183. The van der Waals surface area contributed by atoms with Gasteiger partial charge in [-0.25, -0.2) is 0 Å². The number of ether oxygens (including phenoxy) is 1. The molecule has 0 N–H and O–H groups in total. The van der Waals surface area contributed by atoms with Crippen molar-refractivity contribution in [2.24, 2.45) is 0 Å². The summed E-state index contributed by atoms with van der Waals surface area (Å²) in [6.45, 7) is 4.32. The summed E-state index contributed by atoms with van der Waals surface area (Å²) >= 11 is 2.11. The van der Waals surface area contributed by atoms with Crippen LogP contribution in [0.25, 0.3) is 0 Å². The molecule has 0 aromatic rings. The first kappa shape index (κ1) is 9.63. The molecular formula is C5H11HgIO. The van der Waals surface area contributed by atoms with Crippen LogP contribution in [0, 0.1) is 0 Å². The van der Waals surface area contributed by atoms with Crippen molar-refractivity contribution in [2.45, 2.75) is 23.4 Å². The molecular weight excluding hydrogens is 404 g/mol. The van der Waals surface area contributed by atoms with Crippen LogP contribution in [0.1, 0.15) is 13.8 Å². The Morgan fingerprint density at radius 2 is 2.12 bits per heavy atom. The van der Waals surface area contributed by atoms with Crippen LogP contribution in [0.3, 0.4) is 0 Å². The first-order chi connectivity index (χ1) is 3.62. The Morgan fingerprint density at radius 1 is 1.62 bits per heavy atom. The monoisotopic (exact) mass is 416 g/mol. The van der Waals surface area contributed by atoms with Crippen molar-refractivity contribution in [3.05, 3.63) is 0 Å². The third-order valence-electron chi connectivity index (χ3n) is 1.25. The molecule has 0 fully saturated rings. The van der Waals surface area contributed by atoms with Crippen LogP contribution >= 0.6 is 17.7 Å². The van der Waals surface area contributed by atoms with E-state index in [0.29, 0.717) is 0 Å². The molecule has 0 saturated heterocycles. The van der Waals surface area contributed by atoms with Gasteiger partial charge >= 0.3 is 73.1 Å². The standard InChI is InChI=1S/C5H11O.Hg.HI/c1-5(2,3)6-4;;/h1H2,2-4H3;;1H/q;+1;/p-1. The minimum absolute atomic E-state index is 0.183. The Hall–Kier alpha value is 1.63. The second kappa shape index (κ2) is 4.44. The Kier molecular flexibility index (Phi) is 5.34. The fraction of sp³-hybridized carbons (Fsp3) is 1.00. The molecule has 3 heteroatoms. The predicted octanol–water partition coefficient (Wildman–Crippen LogP) is 2.26. The SMILES string of the molecule is COC(C)(C)[CH2][Hg][I]. The zero-order chi connectivity index (χ0) is 6.62. The molecule has 0 aliphatic carbocycles. The maximum absolute atomic E-state index is 5.23. The third-order valence-corrected chi connectivity index (χ3v) is 11.4. The maximum atomic E-state index is 5.23. The number of hydrogen-bond acceptors (Lipinski definition) is 1. The third kappa shape index (κ3) is 4.50. The molecule has 0 radical (unpaired) electrons. The summed E-state index contributed by atoms with van der Waals surface area (Å²) in [5, 5.41) is 0. The summed E-state index contributed by atoms with van der Waals surface area (Å²) in [6.07, 6.45) is 0. The average Bonchev–Trinajstić information content (AvgIpc) is 1.67. The van der Waals surface area contributed by atoms with E-state index in [2.05, 4.69) is 31.5 Å². The van der Waals surface area contributed by atoms with Crippen molar-refractivity contribution >= 4 is 17.7 Å². The second-order valence-electron chi connectivity index (χ2n) is 2.40. The molecule has 0 heterocycles. The van der Waals surface area contributed by atoms with E-state index in [0.717, 1.165) is 0 Å². The quantitative estimate of drug-likeness (QED) is 0.509. The van der Waals surface area contributed by atoms with E-state index in [4.69, 9.17) is 4.74 Å². The van der Waals surface area contributed by atoms with Crippen molar-refractivity contribution in [1.29, 1.82) is 0 Å². The molecule has 46 valence electrons. The molecule has 0 amide bonds. The van der Waals surface area contributed by atoms with Gasteiger partial charge in [0.05, 0.1) is 0 Å². The van der Waals surface area contributed by atoms with Crippen LogP contribution in [0.5, 0.6) is 0 Å². The molecule has 0 rings (SSSR count). The van der Waals surface area contributed by atoms with E-state index in [1.54, 1.807) is 7.11 Å². The van der Waals surface area contributed by atoms with E-state index < -0.39 is 20.2 Å². The fourth-order valence-corrected chi connectivity index (χ4v) is 14.3. The van der Waals surface area contributed by atoms with Gasteiger partial charge in [0.15, 0.2) is 0 Å². The minimum atomic E-state index is -0.469. The molecule has 0 bridgehead atoms. The summed E-state index contributed by atoms with van der Waals surface area (Å²) in [7, 11) is 1.79. The molecule has 0 aliphatic rings. The van der Waals surface area contributed by atoms with Gasteiger partial charge in [-0.15, -0.1) is 0 Å². The van der Waals surface area contributed by atoms with Gasteiger partial charge in [0, 0.05) is 0 Å². The average molecular weight is 415 g/mol. The Labute approximate surface area is 72.4 Å². The number of methoxy groups -OCH3 is 1. The molecule has 0 unspecified atom stereocenters. The van der Waals surface area contributed by atoms with E-state index in [1.165, 1.54) is 3.93 Å². The zero-order valence-corrected chi connectivity index (χ0v) is 13.4. The molecule has 0 aromatic heterocycles. The number of hydrogen-bond donors (Lipinski definition) is 0. The van der Waals surface area contributed by atoms with Gasteiger partial charge in [-0.1, -0.05) is 0 Å². The van der Waals surface area contributed by atoms with E-state index >= 15 is 0 Å². The van der Waals surface area contributed by atoms with Crippen LogP contribution in [-0.4, -0.2) is 12.7 Å². The molecule has 0 atom stereocenters. The first-order valence-electron chi connectivity index (χ1n) is 2.73. The van der Waals surface area contributed by atoms with Gasteiger partial charge in [0.25, 0.3) is 0 Å². The van der Waals surface area contributed by atoms with E-state index in [9.17, 15) is 0 Å². The van der Waals surface area contributed by atoms with E-state index in [-0.39, 0.29) is 5.60 Å². The Morgan fingerprint density at radius 3 is 2.25 bits per heavy atom. The zero-order valence-electron chi connectivity index (χ0n) is 5.70. The van der Waals surface area contributed by atoms with Crippen LogP contribution < -0.4 is 0 Å². The van der Waals surface area contributed by atoms with Gasteiger partial charge < -0.3 is 0 Å². The number of rotatable bonds is 3. The first-order valence-corrected chi connectivity index (χ1v) is 22.1. The molecule has 0 spiro atoms. The van der Waals surface area contributed by atoms with Gasteiger partial charge in [0.2, 0.25) is 0 Å². The fourth-order valence-electron chi connectivity index (χ4n) is 0.330. The molecule has 8 heavy (non-hydrogen) atoms. The normalized spacial score (nSPS) is 11.0. The summed E-state index contributed by atoms with van der Waals surface area (Å²) < 4.78 is 6.58. The van der Waals surface area contributed by atoms with Crippen LogP contribution in [0.15, 0.2) is 0 Å². The molecule has 0 saturated carbocycles. The van der Waals surface area contributed by atoms with Gasteiger partial charge in [-0.2, -0.15) is 0 Å². The van der Waals surface area contributed by atoms with Crippen LogP contribution in [0.2, 0.25) is 3.93 Å². The van der Waals surface area contributed by atoms with Crippen molar-refractivity contribution < 1.29 is 25.0 Å². The Balaban J connectivity index is 3.37. The van der Waals surface area contributed by atoms with Gasteiger partial charge in [0.1, 0.15) is 0 Å². The molecule has 0 aliphatic heterocycles. The van der Waals surface area contributed by atoms with E-state index in [1.807, 2.05) is 0 Å². The van der Waals surface area contributed by atoms with Crippen molar-refractivity contribution in [3.63, 3.8) is 0 Å². The molecule has 1 nitrogen and oxygen atoms in total. The second-order valence-corrected chi connectivity index (χ2v) is 15.3. The summed E-state index contributed by atoms with van der Waals surface area (Å²) in [4.78, 5) is 0. The number of halogens is 1. The predicted molar refractivity (Wildman–Crippen MR) is 39.9 cm³/mol. The topological polar surface area (TPSA) is 9.23 Å². The summed E-state index contributed by atoms with van der Waals surface area (Å²) in [6, 6.07) is 0. The van der Waals surface area contributed by atoms with Crippen LogP contribution in [-0.2, 0) is 25.0 Å². The Bertz CT molecular complexity index is 65.4. The van der Waals surface area contributed by atoms with Crippen molar-refractivity contribution in [3.8, 4) is 0 Å². The van der Waals surface area contributed by atoms with Crippen molar-refractivity contribution in [1.82, 2.24) is 0 Å². The van der Waals surface area contributed by atoms with Crippen molar-refractivity contribution in [2.75, 3.05) is 7.11 Å². The van der Waals surface area contributed by atoms with Gasteiger partial charge in [-0.3, -0.25) is 0 Å². The molecule has 0 aromatic carbocycles. The van der Waals surface area contributed by atoms with Crippen LogP contribution in [0.4, 0.5) is 0 Å². The summed E-state index contributed by atoms with van der Waals surface area (Å²) in [5.74, 6) is 0.